The van der Waals surface area contributed by atoms with Gasteiger partial charge in [-0.05, 0) is 54.0 Å². The van der Waals surface area contributed by atoms with Crippen LogP contribution in [-0.2, 0) is 9.59 Å². The molecule has 2 amide bonds. The molecule has 38 heavy (non-hydrogen) atoms. The first-order valence-electron chi connectivity index (χ1n) is 11.8. The van der Waals surface area contributed by atoms with E-state index in [-0.39, 0.29) is 17.5 Å². The Kier molecular flexibility index (Phi) is 8.69. The number of hydrogen-bond donors (Lipinski definition) is 2. The van der Waals surface area contributed by atoms with E-state index in [4.69, 9.17) is 0 Å². The van der Waals surface area contributed by atoms with Gasteiger partial charge in [-0.15, -0.1) is 11.8 Å². The topological polar surface area (TPSA) is 101 Å². The monoisotopic (exact) mass is 523 g/mol. The summed E-state index contributed by atoms with van der Waals surface area (Å²) >= 11 is 1.34. The van der Waals surface area contributed by atoms with E-state index in [2.05, 4.69) is 10.6 Å². The van der Waals surface area contributed by atoms with Gasteiger partial charge >= 0.3 is 0 Å². The van der Waals surface area contributed by atoms with Gasteiger partial charge in [0.05, 0.1) is 4.92 Å². The summed E-state index contributed by atoms with van der Waals surface area (Å²) in [7, 11) is 0. The first-order valence-corrected chi connectivity index (χ1v) is 12.7. The molecule has 1 atom stereocenters. The molecule has 4 rings (SSSR count). The number of rotatable bonds is 9. The number of anilines is 2. The fourth-order valence-corrected chi connectivity index (χ4v) is 4.79. The summed E-state index contributed by atoms with van der Waals surface area (Å²) in [5.74, 6) is -0.527. The Morgan fingerprint density at radius 2 is 1.58 bits per heavy atom. The van der Waals surface area contributed by atoms with Crippen LogP contribution in [0.1, 0.15) is 21.9 Å². The molecule has 0 spiro atoms. The van der Waals surface area contributed by atoms with Crippen LogP contribution in [0.4, 0.5) is 17.1 Å². The van der Waals surface area contributed by atoms with Crippen molar-refractivity contribution in [3.8, 4) is 0 Å². The van der Waals surface area contributed by atoms with Gasteiger partial charge in [0.15, 0.2) is 0 Å². The summed E-state index contributed by atoms with van der Waals surface area (Å²) < 4.78 is 0. The van der Waals surface area contributed by atoms with Gasteiger partial charge in [0, 0.05) is 34.5 Å². The molecule has 8 heteroatoms. The second-order valence-corrected chi connectivity index (χ2v) is 9.59. The maximum atomic E-state index is 13.4. The first kappa shape index (κ1) is 26.4. The van der Waals surface area contributed by atoms with Crippen molar-refractivity contribution < 1.29 is 14.5 Å². The van der Waals surface area contributed by atoms with Gasteiger partial charge in [-0.1, -0.05) is 66.7 Å². The fraction of sp³-hybridized carbons (Fsp3) is 0.0667. The first-order chi connectivity index (χ1) is 18.4. The average molecular weight is 524 g/mol. The molecule has 0 bridgehead atoms. The van der Waals surface area contributed by atoms with Gasteiger partial charge < -0.3 is 10.6 Å². The lowest BCUT2D eigenvalue weighted by Crippen LogP contribution is -2.19. The SMILES string of the molecule is Cc1cc([N+](=O)[O-])ccc1NC(=O)C(Sc1cccc(NC(=O)/C=C/c2ccccc2)c1)c1ccccc1. The van der Waals surface area contributed by atoms with E-state index in [1.165, 1.54) is 36.0 Å². The zero-order chi connectivity index (χ0) is 26.9. The van der Waals surface area contributed by atoms with Gasteiger partial charge in [-0.3, -0.25) is 19.7 Å². The van der Waals surface area contributed by atoms with Crippen LogP contribution in [0.25, 0.3) is 6.08 Å². The molecule has 4 aromatic carbocycles. The smallest absolute Gasteiger partial charge is 0.269 e. The van der Waals surface area contributed by atoms with Crippen LogP contribution in [0.15, 0.2) is 114 Å². The van der Waals surface area contributed by atoms with E-state index in [0.29, 0.717) is 16.9 Å². The quantitative estimate of drug-likeness (QED) is 0.106. The van der Waals surface area contributed by atoms with Crippen molar-refractivity contribution in [3.05, 3.63) is 136 Å². The Bertz CT molecular complexity index is 1470. The Balaban J connectivity index is 1.51. The van der Waals surface area contributed by atoms with Gasteiger partial charge in [-0.25, -0.2) is 0 Å². The minimum atomic E-state index is -0.602. The van der Waals surface area contributed by atoms with Crippen LogP contribution in [0, 0.1) is 17.0 Å². The molecule has 0 fully saturated rings. The third-order valence-corrected chi connectivity index (χ3v) is 6.85. The highest BCUT2D eigenvalue weighted by Gasteiger charge is 2.23. The minimum Gasteiger partial charge on any atom is -0.325 e. The number of nitro benzene ring substituents is 1. The van der Waals surface area contributed by atoms with Crippen molar-refractivity contribution in [3.63, 3.8) is 0 Å². The number of thioether (sulfide) groups is 1. The highest BCUT2D eigenvalue weighted by Crippen LogP contribution is 2.37. The van der Waals surface area contributed by atoms with Crippen LogP contribution in [-0.4, -0.2) is 16.7 Å². The Morgan fingerprint density at radius 3 is 2.26 bits per heavy atom. The number of benzene rings is 4. The predicted molar refractivity (Wildman–Crippen MR) is 152 cm³/mol. The Labute approximate surface area is 224 Å². The van der Waals surface area contributed by atoms with E-state index < -0.39 is 10.2 Å². The Hall–Kier alpha value is -4.69. The highest BCUT2D eigenvalue weighted by molar-refractivity contribution is 8.00. The second kappa shape index (κ2) is 12.5. The molecule has 0 saturated heterocycles. The van der Waals surface area contributed by atoms with E-state index in [0.717, 1.165) is 16.0 Å². The molecule has 0 saturated carbocycles. The summed E-state index contributed by atoms with van der Waals surface area (Å²) in [6.07, 6.45) is 3.21. The van der Waals surface area contributed by atoms with Crippen molar-refractivity contribution in [2.75, 3.05) is 10.6 Å². The van der Waals surface area contributed by atoms with E-state index in [9.17, 15) is 19.7 Å². The van der Waals surface area contributed by atoms with Gasteiger partial charge in [0.25, 0.3) is 5.69 Å². The summed E-state index contributed by atoms with van der Waals surface area (Å²) in [5, 5.41) is 16.2. The maximum absolute atomic E-state index is 13.4. The van der Waals surface area contributed by atoms with Gasteiger partial charge in [0.1, 0.15) is 5.25 Å². The molecule has 1 unspecified atom stereocenters. The lowest BCUT2D eigenvalue weighted by molar-refractivity contribution is -0.384. The van der Waals surface area contributed by atoms with E-state index in [1.54, 1.807) is 19.1 Å². The summed E-state index contributed by atoms with van der Waals surface area (Å²) in [4.78, 5) is 37.3. The molecule has 4 aromatic rings. The third-order valence-electron chi connectivity index (χ3n) is 5.60. The number of nitro groups is 1. The van der Waals surface area contributed by atoms with E-state index in [1.807, 2.05) is 78.9 Å². The number of nitrogens with zero attached hydrogens (tertiary/aromatic N) is 1. The second-order valence-electron chi connectivity index (χ2n) is 8.42. The van der Waals surface area contributed by atoms with Crippen LogP contribution >= 0.6 is 11.8 Å². The van der Waals surface area contributed by atoms with Gasteiger partial charge in [0.2, 0.25) is 11.8 Å². The van der Waals surface area contributed by atoms with E-state index >= 15 is 0 Å². The molecule has 0 heterocycles. The number of hydrogen-bond acceptors (Lipinski definition) is 5. The number of aryl methyl sites for hydroxylation is 1. The van der Waals surface area contributed by atoms with Gasteiger partial charge in [-0.2, -0.15) is 0 Å². The molecule has 0 aliphatic carbocycles. The number of amides is 2. The zero-order valence-corrected chi connectivity index (χ0v) is 21.4. The fourth-order valence-electron chi connectivity index (χ4n) is 3.70. The zero-order valence-electron chi connectivity index (χ0n) is 20.5. The molecule has 0 aliphatic rings. The lowest BCUT2D eigenvalue weighted by atomic mass is 10.1. The molecular formula is C30H25N3O4S. The van der Waals surface area contributed by atoms with Crippen LogP contribution in [0.2, 0.25) is 0 Å². The van der Waals surface area contributed by atoms with Crippen molar-refractivity contribution in [2.45, 2.75) is 17.1 Å². The molecule has 0 aromatic heterocycles. The highest BCUT2D eigenvalue weighted by atomic mass is 32.2. The lowest BCUT2D eigenvalue weighted by Gasteiger charge is -2.18. The molecule has 190 valence electrons. The third kappa shape index (κ3) is 7.18. The normalized spacial score (nSPS) is 11.6. The average Bonchev–Trinajstić information content (AvgIpc) is 2.93. The number of carbonyl (C=O) groups excluding carboxylic acids is 2. The minimum absolute atomic E-state index is 0.0352. The molecule has 0 radical (unpaired) electrons. The number of carbonyl (C=O) groups is 2. The van der Waals surface area contributed by atoms with Crippen molar-refractivity contribution in [2.24, 2.45) is 0 Å². The summed E-state index contributed by atoms with van der Waals surface area (Å²) in [5.41, 5.74) is 3.40. The summed E-state index contributed by atoms with van der Waals surface area (Å²) in [6, 6.07) is 30.5. The largest absolute Gasteiger partial charge is 0.325 e. The molecule has 7 nitrogen and oxygen atoms in total. The van der Waals surface area contributed by atoms with Crippen molar-refractivity contribution in [1.82, 2.24) is 0 Å². The van der Waals surface area contributed by atoms with Crippen molar-refractivity contribution >= 4 is 46.7 Å². The maximum Gasteiger partial charge on any atom is 0.269 e. The Morgan fingerprint density at radius 1 is 0.868 bits per heavy atom. The summed E-state index contributed by atoms with van der Waals surface area (Å²) in [6.45, 7) is 1.71. The molecule has 0 aliphatic heterocycles. The van der Waals surface area contributed by atoms with Crippen LogP contribution in [0.5, 0.6) is 0 Å². The molecule has 2 N–H and O–H groups in total. The van der Waals surface area contributed by atoms with Crippen LogP contribution in [0.3, 0.4) is 0 Å². The predicted octanol–water partition coefficient (Wildman–Crippen LogP) is 7.03. The van der Waals surface area contributed by atoms with Crippen molar-refractivity contribution in [1.29, 1.82) is 0 Å². The number of nitrogens with one attached hydrogen (secondary N) is 2. The molecular weight excluding hydrogens is 498 g/mol. The standard InChI is InChI=1S/C30H25N3O4S/c1-21-19-25(33(36)37)16-17-27(21)32-30(35)29(23-11-6-3-7-12-23)38-26-14-8-13-24(20-26)31-28(34)18-15-22-9-4-2-5-10-22/h2-20,29H,1H3,(H,31,34)(H,32,35)/b18-15+. The number of non-ortho nitro benzene ring substituents is 1. The van der Waals surface area contributed by atoms with Crippen LogP contribution < -0.4 is 10.6 Å².